The van der Waals surface area contributed by atoms with E-state index in [9.17, 15) is 4.79 Å². The van der Waals surface area contributed by atoms with Gasteiger partial charge in [0.15, 0.2) is 0 Å². The van der Waals surface area contributed by atoms with E-state index in [-0.39, 0.29) is 10.8 Å². The minimum absolute atomic E-state index is 0.214. The summed E-state index contributed by atoms with van der Waals surface area (Å²) < 4.78 is 0. The lowest BCUT2D eigenvalue weighted by Gasteiger charge is -2.12. The molecule has 1 aromatic carbocycles. The molecule has 0 bridgehead atoms. The second kappa shape index (κ2) is 6.03. The van der Waals surface area contributed by atoms with Crippen molar-refractivity contribution in [3.05, 3.63) is 45.6 Å². The third-order valence-electron chi connectivity index (χ3n) is 4.18. The molecular formula is C17H14ClN3O2S. The van der Waals surface area contributed by atoms with Gasteiger partial charge in [-0.3, -0.25) is 0 Å². The van der Waals surface area contributed by atoms with E-state index in [0.29, 0.717) is 5.82 Å². The molecular weight excluding hydrogens is 346 g/mol. The Morgan fingerprint density at radius 1 is 1.17 bits per heavy atom. The minimum Gasteiger partial charge on any atom is -0.478 e. The molecule has 2 N–H and O–H groups in total. The Morgan fingerprint density at radius 2 is 1.92 bits per heavy atom. The van der Waals surface area contributed by atoms with Gasteiger partial charge in [0.2, 0.25) is 5.28 Å². The third kappa shape index (κ3) is 2.72. The molecule has 0 amide bonds. The summed E-state index contributed by atoms with van der Waals surface area (Å²) in [6.45, 7) is 0. The highest BCUT2D eigenvalue weighted by Gasteiger charge is 2.21. The van der Waals surface area contributed by atoms with Gasteiger partial charge in [0.1, 0.15) is 10.6 Å². The molecule has 0 fully saturated rings. The van der Waals surface area contributed by atoms with Gasteiger partial charge in [-0.05, 0) is 67.1 Å². The van der Waals surface area contributed by atoms with Crippen LogP contribution in [0.25, 0.3) is 10.2 Å². The van der Waals surface area contributed by atoms with E-state index in [2.05, 4.69) is 15.3 Å². The third-order valence-corrected chi connectivity index (χ3v) is 5.54. The molecule has 1 aliphatic carbocycles. The Bertz CT molecular complexity index is 937. The minimum atomic E-state index is -0.944. The monoisotopic (exact) mass is 359 g/mol. The number of carboxylic acid groups (broad SMARTS) is 1. The summed E-state index contributed by atoms with van der Waals surface area (Å²) >= 11 is 7.78. The fourth-order valence-corrected chi connectivity index (χ4v) is 4.54. The van der Waals surface area contributed by atoms with Gasteiger partial charge < -0.3 is 10.4 Å². The summed E-state index contributed by atoms with van der Waals surface area (Å²) in [5.41, 5.74) is 2.34. The van der Waals surface area contributed by atoms with Gasteiger partial charge in [-0.1, -0.05) is 0 Å². The van der Waals surface area contributed by atoms with Crippen LogP contribution in [0.3, 0.4) is 0 Å². The van der Waals surface area contributed by atoms with Crippen LogP contribution in [0.5, 0.6) is 0 Å². The van der Waals surface area contributed by atoms with Gasteiger partial charge in [0.25, 0.3) is 0 Å². The van der Waals surface area contributed by atoms with Crippen molar-refractivity contribution in [3.63, 3.8) is 0 Å². The highest BCUT2D eigenvalue weighted by atomic mass is 35.5. The lowest BCUT2D eigenvalue weighted by molar-refractivity contribution is 0.0697. The molecule has 24 heavy (non-hydrogen) atoms. The maximum atomic E-state index is 11.0. The Labute approximate surface area is 147 Å². The fraction of sp³-hybridized carbons (Fsp3) is 0.235. The SMILES string of the molecule is O=C(O)c1ccc(Nc2nc(Cl)nc3sc4c(c23)CCCC4)cc1. The lowest BCUT2D eigenvalue weighted by Crippen LogP contribution is -2.02. The summed E-state index contributed by atoms with van der Waals surface area (Å²) in [4.78, 5) is 22.0. The van der Waals surface area contributed by atoms with Crippen molar-refractivity contribution in [1.82, 2.24) is 9.97 Å². The number of carboxylic acids is 1. The number of nitrogens with zero attached hydrogens (tertiary/aromatic N) is 2. The number of fused-ring (bicyclic) bond motifs is 3. The van der Waals surface area contributed by atoms with E-state index >= 15 is 0 Å². The van der Waals surface area contributed by atoms with Crippen molar-refractivity contribution < 1.29 is 9.90 Å². The van der Waals surface area contributed by atoms with Crippen molar-refractivity contribution in [2.75, 3.05) is 5.32 Å². The van der Waals surface area contributed by atoms with Crippen LogP contribution in [0.1, 0.15) is 33.6 Å². The summed E-state index contributed by atoms with van der Waals surface area (Å²) in [6.07, 6.45) is 4.50. The standard InChI is InChI=1S/C17H14ClN3O2S/c18-17-20-14(19-10-7-5-9(6-8-10)16(22)23)13-11-3-1-2-4-12(11)24-15(13)21-17/h5-8H,1-4H2,(H,22,23)(H,19,20,21). The van der Waals surface area contributed by atoms with E-state index in [0.717, 1.165) is 28.7 Å². The maximum Gasteiger partial charge on any atom is 0.335 e. The Morgan fingerprint density at radius 3 is 2.67 bits per heavy atom. The van der Waals surface area contributed by atoms with Gasteiger partial charge in [-0.2, -0.15) is 4.98 Å². The van der Waals surface area contributed by atoms with Crippen molar-refractivity contribution in [1.29, 1.82) is 0 Å². The smallest absolute Gasteiger partial charge is 0.335 e. The van der Waals surface area contributed by atoms with Crippen molar-refractivity contribution in [3.8, 4) is 0 Å². The summed E-state index contributed by atoms with van der Waals surface area (Å²) in [6, 6.07) is 6.58. The normalized spacial score (nSPS) is 13.7. The number of thiophene rings is 1. The zero-order chi connectivity index (χ0) is 16.7. The highest BCUT2D eigenvalue weighted by Crippen LogP contribution is 2.39. The van der Waals surface area contributed by atoms with Gasteiger partial charge in [-0.15, -0.1) is 11.3 Å². The topological polar surface area (TPSA) is 75.1 Å². The van der Waals surface area contributed by atoms with Crippen LogP contribution in [-0.4, -0.2) is 21.0 Å². The molecule has 4 rings (SSSR count). The van der Waals surface area contributed by atoms with Crippen LogP contribution < -0.4 is 5.32 Å². The number of hydrogen-bond acceptors (Lipinski definition) is 5. The van der Waals surface area contributed by atoms with Gasteiger partial charge >= 0.3 is 5.97 Å². The summed E-state index contributed by atoms with van der Waals surface area (Å²) in [7, 11) is 0. The maximum absolute atomic E-state index is 11.0. The molecule has 0 saturated carbocycles. The zero-order valence-electron chi connectivity index (χ0n) is 12.7. The second-order valence-electron chi connectivity index (χ2n) is 5.74. The summed E-state index contributed by atoms with van der Waals surface area (Å²) in [5, 5.41) is 13.5. The first-order valence-electron chi connectivity index (χ1n) is 7.70. The number of hydrogen-bond donors (Lipinski definition) is 2. The molecule has 5 nitrogen and oxygen atoms in total. The molecule has 0 spiro atoms. The lowest BCUT2D eigenvalue weighted by atomic mass is 9.97. The van der Waals surface area contributed by atoms with Crippen molar-refractivity contribution >= 4 is 50.6 Å². The predicted molar refractivity (Wildman–Crippen MR) is 95.8 cm³/mol. The molecule has 7 heteroatoms. The van der Waals surface area contributed by atoms with Crippen LogP contribution in [0, 0.1) is 0 Å². The van der Waals surface area contributed by atoms with Gasteiger partial charge in [-0.25, -0.2) is 9.78 Å². The number of anilines is 2. The molecule has 122 valence electrons. The van der Waals surface area contributed by atoms with Crippen LogP contribution in [-0.2, 0) is 12.8 Å². The van der Waals surface area contributed by atoms with E-state index in [1.165, 1.54) is 23.3 Å². The van der Waals surface area contributed by atoms with E-state index in [1.807, 2.05) is 0 Å². The Hall–Kier alpha value is -2.18. The molecule has 1 aliphatic rings. The number of aromatic nitrogens is 2. The van der Waals surface area contributed by atoms with Crippen LogP contribution in [0.4, 0.5) is 11.5 Å². The number of benzene rings is 1. The van der Waals surface area contributed by atoms with Gasteiger partial charge in [0, 0.05) is 10.6 Å². The molecule has 0 unspecified atom stereocenters. The predicted octanol–water partition coefficient (Wildman–Crippen LogP) is 4.67. The number of aromatic carboxylic acids is 1. The number of carbonyl (C=O) groups is 1. The average molecular weight is 360 g/mol. The molecule has 2 aromatic heterocycles. The number of aryl methyl sites for hydroxylation is 2. The van der Waals surface area contributed by atoms with Crippen molar-refractivity contribution in [2.24, 2.45) is 0 Å². The molecule has 2 heterocycles. The van der Waals surface area contributed by atoms with E-state index < -0.39 is 5.97 Å². The molecule has 0 atom stereocenters. The number of halogens is 1. The zero-order valence-corrected chi connectivity index (χ0v) is 14.2. The van der Waals surface area contributed by atoms with Crippen LogP contribution >= 0.6 is 22.9 Å². The van der Waals surface area contributed by atoms with E-state index in [4.69, 9.17) is 16.7 Å². The first-order chi connectivity index (χ1) is 11.6. The first-order valence-corrected chi connectivity index (χ1v) is 8.89. The van der Waals surface area contributed by atoms with Gasteiger partial charge in [0.05, 0.1) is 10.9 Å². The van der Waals surface area contributed by atoms with Crippen LogP contribution in [0.2, 0.25) is 5.28 Å². The molecule has 0 radical (unpaired) electrons. The molecule has 3 aromatic rings. The molecule has 0 aliphatic heterocycles. The first kappa shape index (κ1) is 15.4. The largest absolute Gasteiger partial charge is 0.478 e. The summed E-state index contributed by atoms with van der Waals surface area (Å²) in [5.74, 6) is -0.256. The average Bonchev–Trinajstić information content (AvgIpc) is 2.93. The molecule has 0 saturated heterocycles. The quantitative estimate of drug-likeness (QED) is 0.665. The van der Waals surface area contributed by atoms with Crippen molar-refractivity contribution in [2.45, 2.75) is 25.7 Å². The second-order valence-corrected chi connectivity index (χ2v) is 7.16. The van der Waals surface area contributed by atoms with Crippen LogP contribution in [0.15, 0.2) is 24.3 Å². The fourth-order valence-electron chi connectivity index (χ4n) is 3.05. The number of rotatable bonds is 3. The number of nitrogens with one attached hydrogen (secondary N) is 1. The Balaban J connectivity index is 1.78. The Kier molecular flexibility index (Phi) is 3.86. The van der Waals surface area contributed by atoms with E-state index in [1.54, 1.807) is 35.6 Å². The highest BCUT2D eigenvalue weighted by molar-refractivity contribution is 7.19.